The molecule has 2 N–H and O–H groups in total. The van der Waals surface area contributed by atoms with Crippen LogP contribution in [0.1, 0.15) is 24.1 Å². The summed E-state index contributed by atoms with van der Waals surface area (Å²) in [5, 5.41) is 0. The average Bonchev–Trinajstić information content (AvgIpc) is 2.37. The van der Waals surface area contributed by atoms with Gasteiger partial charge in [0.1, 0.15) is 11.9 Å². The van der Waals surface area contributed by atoms with E-state index in [1.807, 2.05) is 0 Å². The summed E-state index contributed by atoms with van der Waals surface area (Å²) in [5.74, 6) is -7.69. The molecule has 1 atom stereocenters. The third-order valence-electron chi connectivity index (χ3n) is 2.59. The van der Waals surface area contributed by atoms with E-state index in [1.54, 1.807) is 0 Å². The molecule has 0 unspecified atom stereocenters. The van der Waals surface area contributed by atoms with Gasteiger partial charge in [-0.1, -0.05) is 6.07 Å². The zero-order valence-corrected chi connectivity index (χ0v) is 10.7. The third kappa shape index (κ3) is 3.66. The number of benzene rings is 1. The highest BCUT2D eigenvalue weighted by Gasteiger charge is 2.50. The number of hydrogen-bond donors (Lipinski definition) is 1. The number of halogens is 6. The topological polar surface area (TPSA) is 52.3 Å². The van der Waals surface area contributed by atoms with E-state index in [0.29, 0.717) is 12.1 Å². The minimum atomic E-state index is -5.10. The van der Waals surface area contributed by atoms with Crippen LogP contribution in [0.25, 0.3) is 0 Å². The smallest absolute Gasteiger partial charge is 0.416 e. The van der Waals surface area contributed by atoms with E-state index in [2.05, 4.69) is 4.74 Å². The van der Waals surface area contributed by atoms with Gasteiger partial charge in [-0.05, 0) is 24.6 Å². The van der Waals surface area contributed by atoms with Crippen LogP contribution in [-0.2, 0) is 15.7 Å². The van der Waals surface area contributed by atoms with E-state index in [-0.39, 0.29) is 6.07 Å². The van der Waals surface area contributed by atoms with Gasteiger partial charge in [-0.2, -0.15) is 22.0 Å². The van der Waals surface area contributed by atoms with Gasteiger partial charge in [-0.15, -0.1) is 0 Å². The maximum atomic E-state index is 13.7. The second-order valence-electron chi connectivity index (χ2n) is 4.05. The summed E-state index contributed by atoms with van der Waals surface area (Å²) in [6.45, 7) is 0.856. The van der Waals surface area contributed by atoms with Gasteiger partial charge in [-0.25, -0.2) is 9.18 Å². The van der Waals surface area contributed by atoms with Crippen molar-refractivity contribution in [3.63, 3.8) is 0 Å². The van der Waals surface area contributed by atoms with Gasteiger partial charge in [0.05, 0.1) is 12.2 Å². The molecular weight excluding hydrogens is 304 g/mol. The van der Waals surface area contributed by atoms with Crippen molar-refractivity contribution in [2.45, 2.75) is 25.1 Å². The van der Waals surface area contributed by atoms with Crippen molar-refractivity contribution in [1.29, 1.82) is 0 Å². The van der Waals surface area contributed by atoms with Gasteiger partial charge >= 0.3 is 18.1 Å². The van der Waals surface area contributed by atoms with Crippen LogP contribution in [0.2, 0.25) is 0 Å². The van der Waals surface area contributed by atoms with Crippen LogP contribution in [0, 0.1) is 5.82 Å². The van der Waals surface area contributed by atoms with Crippen LogP contribution in [0.3, 0.4) is 0 Å². The average molecular weight is 315 g/mol. The predicted molar refractivity (Wildman–Crippen MR) is 59.9 cm³/mol. The number of hydrogen-bond acceptors (Lipinski definition) is 3. The molecule has 0 fully saturated rings. The molecule has 0 spiro atoms. The molecule has 3 nitrogen and oxygen atoms in total. The first kappa shape index (κ1) is 17.3. The predicted octanol–water partition coefficient (Wildman–Crippen LogP) is 3.04. The molecule has 0 amide bonds. The first-order valence-electron chi connectivity index (χ1n) is 5.69. The SMILES string of the molecule is CCOC(=O)C(F)(F)[C@@H](N)c1ccc(F)cc1C(F)(F)F. The summed E-state index contributed by atoms with van der Waals surface area (Å²) in [5.41, 5.74) is 2.32. The number of carbonyl (C=O) groups excluding carboxylic acids is 1. The summed E-state index contributed by atoms with van der Waals surface area (Å²) in [6.07, 6.45) is -5.10. The number of alkyl halides is 5. The van der Waals surface area contributed by atoms with Crippen molar-refractivity contribution in [2.24, 2.45) is 5.73 Å². The lowest BCUT2D eigenvalue weighted by Gasteiger charge is -2.24. The fraction of sp³-hybridized carbons (Fsp3) is 0.417. The highest BCUT2D eigenvalue weighted by Crippen LogP contribution is 2.39. The normalized spacial score (nSPS) is 13.9. The molecule has 0 bridgehead atoms. The molecule has 1 rings (SSSR count). The number of rotatable bonds is 4. The molecule has 0 aliphatic carbocycles. The second-order valence-corrected chi connectivity index (χ2v) is 4.05. The zero-order chi connectivity index (χ0) is 16.4. The Hall–Kier alpha value is -1.77. The number of esters is 1. The van der Waals surface area contributed by atoms with Crippen molar-refractivity contribution in [3.8, 4) is 0 Å². The largest absolute Gasteiger partial charge is 0.462 e. The first-order valence-corrected chi connectivity index (χ1v) is 5.69. The van der Waals surface area contributed by atoms with Gasteiger partial charge < -0.3 is 10.5 Å². The van der Waals surface area contributed by atoms with Gasteiger partial charge in [0.15, 0.2) is 0 Å². The second kappa shape index (κ2) is 5.92. The van der Waals surface area contributed by atoms with Crippen molar-refractivity contribution in [1.82, 2.24) is 0 Å². The molecule has 0 aliphatic rings. The Bertz CT molecular complexity index is 529. The Balaban J connectivity index is 3.30. The lowest BCUT2D eigenvalue weighted by Crippen LogP contribution is -2.42. The fourth-order valence-corrected chi connectivity index (χ4v) is 1.59. The van der Waals surface area contributed by atoms with E-state index in [1.165, 1.54) is 6.92 Å². The number of carbonyl (C=O) groups is 1. The minimum absolute atomic E-state index is 0.0381. The lowest BCUT2D eigenvalue weighted by atomic mass is 9.95. The number of ether oxygens (including phenoxy) is 1. The van der Waals surface area contributed by atoms with Gasteiger partial charge in [-0.3, -0.25) is 0 Å². The summed E-state index contributed by atoms with van der Waals surface area (Å²) in [7, 11) is 0. The molecule has 1 aromatic rings. The van der Waals surface area contributed by atoms with Crippen molar-refractivity contribution in [3.05, 3.63) is 35.1 Å². The summed E-state index contributed by atoms with van der Waals surface area (Å²) in [4.78, 5) is 11.1. The maximum absolute atomic E-state index is 13.7. The molecule has 1 aromatic carbocycles. The van der Waals surface area contributed by atoms with Crippen LogP contribution < -0.4 is 5.73 Å². The molecule has 21 heavy (non-hydrogen) atoms. The Kier molecular flexibility index (Phi) is 4.87. The fourth-order valence-electron chi connectivity index (χ4n) is 1.59. The molecule has 0 heterocycles. The quantitative estimate of drug-likeness (QED) is 0.686. The van der Waals surface area contributed by atoms with E-state index < -0.39 is 47.7 Å². The Morgan fingerprint density at radius 1 is 1.29 bits per heavy atom. The molecule has 0 aromatic heterocycles. The van der Waals surface area contributed by atoms with Gasteiger partial charge in [0, 0.05) is 0 Å². The first-order chi connectivity index (χ1) is 9.51. The van der Waals surface area contributed by atoms with E-state index in [9.17, 15) is 31.1 Å². The highest BCUT2D eigenvalue weighted by molar-refractivity contribution is 5.79. The Labute approximate surface area is 115 Å². The molecule has 118 valence electrons. The van der Waals surface area contributed by atoms with Crippen LogP contribution >= 0.6 is 0 Å². The molecule has 0 saturated carbocycles. The molecule has 9 heteroatoms. The highest BCUT2D eigenvalue weighted by atomic mass is 19.4. The van der Waals surface area contributed by atoms with Crippen molar-refractivity contribution < 1.29 is 35.9 Å². The van der Waals surface area contributed by atoms with E-state index in [4.69, 9.17) is 5.73 Å². The summed E-state index contributed by atoms with van der Waals surface area (Å²) in [6, 6.07) is -1.56. The summed E-state index contributed by atoms with van der Waals surface area (Å²) < 4.78 is 82.6. The maximum Gasteiger partial charge on any atom is 0.416 e. The van der Waals surface area contributed by atoms with Crippen LogP contribution in [-0.4, -0.2) is 18.5 Å². The van der Waals surface area contributed by atoms with Crippen LogP contribution in [0.15, 0.2) is 18.2 Å². The molecular formula is C12H11F6NO2. The van der Waals surface area contributed by atoms with Crippen LogP contribution in [0.4, 0.5) is 26.3 Å². The molecule has 0 aliphatic heterocycles. The van der Waals surface area contributed by atoms with Gasteiger partial charge in [0.2, 0.25) is 0 Å². The number of nitrogens with two attached hydrogens (primary N) is 1. The third-order valence-corrected chi connectivity index (χ3v) is 2.59. The summed E-state index contributed by atoms with van der Waals surface area (Å²) >= 11 is 0. The van der Waals surface area contributed by atoms with Crippen LogP contribution in [0.5, 0.6) is 0 Å². The lowest BCUT2D eigenvalue weighted by molar-refractivity contribution is -0.175. The Morgan fingerprint density at radius 3 is 2.33 bits per heavy atom. The molecule has 0 radical (unpaired) electrons. The zero-order valence-electron chi connectivity index (χ0n) is 10.7. The van der Waals surface area contributed by atoms with Gasteiger partial charge in [0.25, 0.3) is 0 Å². The monoisotopic (exact) mass is 315 g/mol. The van der Waals surface area contributed by atoms with E-state index in [0.717, 1.165) is 0 Å². The van der Waals surface area contributed by atoms with Crippen molar-refractivity contribution in [2.75, 3.05) is 6.61 Å². The van der Waals surface area contributed by atoms with Crippen molar-refractivity contribution >= 4 is 5.97 Å². The van der Waals surface area contributed by atoms with E-state index >= 15 is 0 Å². The minimum Gasteiger partial charge on any atom is -0.462 e. The Morgan fingerprint density at radius 2 is 1.86 bits per heavy atom. The standard InChI is InChI=1S/C12H11F6NO2/c1-2-21-10(20)11(14,15)9(19)7-4-3-6(13)5-8(7)12(16,17)18/h3-5,9H,2,19H2,1H3/t9-/m0/s1. The molecule has 0 saturated heterocycles.